The SMILES string of the molecule is CCCCCCCC(=C=O)CCCC(=O)O. The molecule has 92 valence electrons. The van der Waals surface area contributed by atoms with Crippen LogP contribution >= 0.6 is 0 Å². The maximum absolute atomic E-state index is 10.6. The quantitative estimate of drug-likeness (QED) is 0.459. The summed E-state index contributed by atoms with van der Waals surface area (Å²) in [5.41, 5.74) is 0.748. The van der Waals surface area contributed by atoms with E-state index in [4.69, 9.17) is 5.11 Å². The number of aliphatic carboxylic acids is 1. The van der Waals surface area contributed by atoms with Crippen molar-refractivity contribution in [3.63, 3.8) is 0 Å². The van der Waals surface area contributed by atoms with Crippen molar-refractivity contribution in [2.24, 2.45) is 0 Å². The summed E-state index contributed by atoms with van der Waals surface area (Å²) in [6.07, 6.45) is 7.92. The Morgan fingerprint density at radius 2 is 1.62 bits per heavy atom. The van der Waals surface area contributed by atoms with E-state index in [9.17, 15) is 9.59 Å². The first-order valence-corrected chi connectivity index (χ1v) is 6.15. The van der Waals surface area contributed by atoms with Gasteiger partial charge in [-0.3, -0.25) is 4.79 Å². The molecule has 0 aliphatic rings. The highest BCUT2D eigenvalue weighted by Gasteiger charge is 2.02. The van der Waals surface area contributed by atoms with Crippen LogP contribution in [0.15, 0.2) is 5.57 Å². The molecule has 16 heavy (non-hydrogen) atoms. The number of carboxylic acids is 1. The molecule has 0 atom stereocenters. The van der Waals surface area contributed by atoms with Gasteiger partial charge in [0.05, 0.1) is 0 Å². The van der Waals surface area contributed by atoms with Crippen molar-refractivity contribution in [2.75, 3.05) is 0 Å². The van der Waals surface area contributed by atoms with E-state index in [1.54, 1.807) is 0 Å². The minimum atomic E-state index is -0.798. The Labute approximate surface area is 97.5 Å². The van der Waals surface area contributed by atoms with Crippen LogP contribution in [0, 0.1) is 0 Å². The van der Waals surface area contributed by atoms with Crippen molar-refractivity contribution in [1.29, 1.82) is 0 Å². The fourth-order valence-electron chi connectivity index (χ4n) is 1.62. The van der Waals surface area contributed by atoms with E-state index in [2.05, 4.69) is 6.92 Å². The third kappa shape index (κ3) is 9.47. The fourth-order valence-corrected chi connectivity index (χ4v) is 1.62. The zero-order valence-electron chi connectivity index (χ0n) is 10.1. The van der Waals surface area contributed by atoms with Gasteiger partial charge in [-0.05, 0) is 25.7 Å². The van der Waals surface area contributed by atoms with E-state index in [1.165, 1.54) is 19.3 Å². The zero-order chi connectivity index (χ0) is 12.2. The largest absolute Gasteiger partial charge is 0.481 e. The molecule has 0 radical (unpaired) electrons. The molecule has 1 N–H and O–H groups in total. The normalized spacial score (nSPS) is 9.81. The van der Waals surface area contributed by atoms with Crippen LogP contribution < -0.4 is 0 Å². The minimum absolute atomic E-state index is 0.140. The first kappa shape index (κ1) is 14.9. The topological polar surface area (TPSA) is 54.4 Å². The van der Waals surface area contributed by atoms with Crippen LogP contribution in [-0.2, 0) is 9.59 Å². The van der Waals surface area contributed by atoms with Gasteiger partial charge in [-0.25, -0.2) is 4.79 Å². The molecule has 0 aromatic rings. The van der Waals surface area contributed by atoms with Crippen LogP contribution in [0.4, 0.5) is 0 Å². The van der Waals surface area contributed by atoms with Crippen LogP contribution in [0.3, 0.4) is 0 Å². The predicted molar refractivity (Wildman–Crippen MR) is 64.1 cm³/mol. The number of carbonyl (C=O) groups excluding carboxylic acids is 1. The highest BCUT2D eigenvalue weighted by atomic mass is 16.4. The number of hydrogen-bond acceptors (Lipinski definition) is 2. The molecule has 3 heteroatoms. The van der Waals surface area contributed by atoms with Gasteiger partial charge in [-0.15, -0.1) is 0 Å². The van der Waals surface area contributed by atoms with E-state index in [-0.39, 0.29) is 6.42 Å². The van der Waals surface area contributed by atoms with Gasteiger partial charge in [0.1, 0.15) is 5.94 Å². The Hall–Kier alpha value is -1.08. The summed E-state index contributed by atoms with van der Waals surface area (Å²) < 4.78 is 0. The van der Waals surface area contributed by atoms with Crippen molar-refractivity contribution < 1.29 is 14.7 Å². The minimum Gasteiger partial charge on any atom is -0.481 e. The molecule has 0 aromatic heterocycles. The van der Waals surface area contributed by atoms with Crippen molar-refractivity contribution >= 4 is 11.9 Å². The molecule has 0 amide bonds. The highest BCUT2D eigenvalue weighted by molar-refractivity contribution is 5.66. The third-order valence-corrected chi connectivity index (χ3v) is 2.60. The van der Waals surface area contributed by atoms with E-state index in [0.717, 1.165) is 24.8 Å². The molecule has 0 saturated heterocycles. The fraction of sp³-hybridized carbons (Fsp3) is 0.769. The molecule has 3 nitrogen and oxygen atoms in total. The molecule has 0 fully saturated rings. The zero-order valence-corrected chi connectivity index (χ0v) is 10.1. The number of carboxylic acid groups (broad SMARTS) is 1. The van der Waals surface area contributed by atoms with Crippen LogP contribution in [0.1, 0.15) is 64.7 Å². The molecule has 0 heterocycles. The number of hydrogen-bond donors (Lipinski definition) is 1. The molecule has 0 unspecified atom stereocenters. The molecule has 0 aliphatic carbocycles. The maximum atomic E-state index is 10.6. The average molecular weight is 226 g/mol. The van der Waals surface area contributed by atoms with Gasteiger partial charge < -0.3 is 5.11 Å². The summed E-state index contributed by atoms with van der Waals surface area (Å²) in [6, 6.07) is 0. The molecule has 0 rings (SSSR count). The lowest BCUT2D eigenvalue weighted by Crippen LogP contribution is -1.95. The summed E-state index contributed by atoms with van der Waals surface area (Å²) in [6.45, 7) is 2.17. The van der Waals surface area contributed by atoms with Crippen LogP contribution in [-0.4, -0.2) is 17.0 Å². The van der Waals surface area contributed by atoms with E-state index in [0.29, 0.717) is 12.8 Å². The third-order valence-electron chi connectivity index (χ3n) is 2.60. The molecule has 0 aliphatic heterocycles. The lowest BCUT2D eigenvalue weighted by molar-refractivity contribution is -0.137. The Balaban J connectivity index is 3.53. The molecular weight excluding hydrogens is 204 g/mol. The molecular formula is C13H22O3. The number of unbranched alkanes of at least 4 members (excludes halogenated alkanes) is 4. The van der Waals surface area contributed by atoms with Crippen molar-refractivity contribution in [1.82, 2.24) is 0 Å². The van der Waals surface area contributed by atoms with Gasteiger partial charge in [-0.2, -0.15) is 0 Å². The second kappa shape index (κ2) is 10.4. The molecule has 0 saturated carbocycles. The smallest absolute Gasteiger partial charge is 0.303 e. The summed E-state index contributed by atoms with van der Waals surface area (Å²) in [4.78, 5) is 20.9. The van der Waals surface area contributed by atoms with Gasteiger partial charge in [0.25, 0.3) is 0 Å². The van der Waals surface area contributed by atoms with Gasteiger partial charge in [-0.1, -0.05) is 32.6 Å². The van der Waals surface area contributed by atoms with Gasteiger partial charge >= 0.3 is 5.97 Å². The van der Waals surface area contributed by atoms with Gasteiger partial charge in [0.15, 0.2) is 0 Å². The van der Waals surface area contributed by atoms with Gasteiger partial charge in [0, 0.05) is 12.0 Å². The Morgan fingerprint density at radius 3 is 2.19 bits per heavy atom. The first-order chi connectivity index (χ1) is 7.70. The number of rotatable bonds is 10. The molecule has 0 aromatic carbocycles. The Morgan fingerprint density at radius 1 is 1.00 bits per heavy atom. The lowest BCUT2D eigenvalue weighted by atomic mass is 10.0. The summed E-state index contributed by atoms with van der Waals surface area (Å²) in [5, 5.41) is 8.46. The summed E-state index contributed by atoms with van der Waals surface area (Å²) in [7, 11) is 0. The van der Waals surface area contributed by atoms with Gasteiger partial charge in [0.2, 0.25) is 0 Å². The maximum Gasteiger partial charge on any atom is 0.303 e. The Kier molecular flexibility index (Phi) is 9.73. The van der Waals surface area contributed by atoms with E-state index >= 15 is 0 Å². The summed E-state index contributed by atoms with van der Waals surface area (Å²) in [5.74, 6) is 1.14. The van der Waals surface area contributed by atoms with Crippen LogP contribution in [0.25, 0.3) is 0 Å². The van der Waals surface area contributed by atoms with E-state index < -0.39 is 5.97 Å². The number of carbonyl (C=O) groups is 1. The van der Waals surface area contributed by atoms with Crippen molar-refractivity contribution in [3.05, 3.63) is 5.57 Å². The highest BCUT2D eigenvalue weighted by Crippen LogP contribution is 2.14. The van der Waals surface area contributed by atoms with Crippen LogP contribution in [0.2, 0.25) is 0 Å². The lowest BCUT2D eigenvalue weighted by Gasteiger charge is -2.02. The van der Waals surface area contributed by atoms with Crippen molar-refractivity contribution in [3.8, 4) is 0 Å². The second-order valence-corrected chi connectivity index (χ2v) is 4.12. The summed E-state index contributed by atoms with van der Waals surface area (Å²) >= 11 is 0. The monoisotopic (exact) mass is 226 g/mol. The average Bonchev–Trinajstić information content (AvgIpc) is 2.26. The molecule has 0 bridgehead atoms. The van der Waals surface area contributed by atoms with Crippen LogP contribution in [0.5, 0.6) is 0 Å². The standard InChI is InChI=1S/C13H22O3/c1-2-3-4-5-6-8-12(11-14)9-7-10-13(15)16/h2-10H2,1H3,(H,15,16). The number of allylic oxidation sites excluding steroid dienone is 1. The Bertz CT molecular complexity index is 240. The van der Waals surface area contributed by atoms with E-state index in [1.807, 2.05) is 5.94 Å². The first-order valence-electron chi connectivity index (χ1n) is 6.15. The van der Waals surface area contributed by atoms with Crippen molar-refractivity contribution in [2.45, 2.75) is 64.7 Å². The molecule has 0 spiro atoms. The second-order valence-electron chi connectivity index (χ2n) is 4.12. The predicted octanol–water partition coefficient (Wildman–Crippen LogP) is 3.36.